The van der Waals surface area contributed by atoms with Gasteiger partial charge < -0.3 is 15.8 Å². The molecule has 0 aliphatic heterocycles. The normalized spacial score (nSPS) is 11.0. The third kappa shape index (κ3) is 5.32. The van der Waals surface area contributed by atoms with Crippen molar-refractivity contribution in [2.75, 3.05) is 11.9 Å². The van der Waals surface area contributed by atoms with E-state index in [2.05, 4.69) is 42.0 Å². The van der Waals surface area contributed by atoms with Crippen LogP contribution in [0.15, 0.2) is 46.9 Å². The van der Waals surface area contributed by atoms with E-state index in [0.29, 0.717) is 17.0 Å². The molecule has 0 spiro atoms. The predicted octanol–water partition coefficient (Wildman–Crippen LogP) is 3.86. The molecular formula is C19H21BrN2O3. The summed E-state index contributed by atoms with van der Waals surface area (Å²) in [5.74, 6) is -0.115. The summed E-state index contributed by atoms with van der Waals surface area (Å²) in [6.07, 6.45) is 0. The average molecular weight is 405 g/mol. The summed E-state index contributed by atoms with van der Waals surface area (Å²) in [6.45, 7) is 6.15. The molecule has 0 saturated carbocycles. The highest BCUT2D eigenvalue weighted by atomic mass is 79.9. The van der Waals surface area contributed by atoms with Crippen LogP contribution < -0.4 is 15.8 Å². The van der Waals surface area contributed by atoms with Crippen LogP contribution in [0.3, 0.4) is 0 Å². The minimum Gasteiger partial charge on any atom is -0.483 e. The molecule has 2 aromatic rings. The van der Waals surface area contributed by atoms with E-state index in [1.807, 2.05) is 18.2 Å². The number of amides is 2. The SMILES string of the molecule is CC(C)(C)c1cc(Br)ccc1OCC(=O)Nc1ccc(C(N)=O)cc1. The van der Waals surface area contributed by atoms with Gasteiger partial charge in [-0.05, 0) is 47.9 Å². The number of primary amides is 1. The van der Waals surface area contributed by atoms with Crippen molar-refractivity contribution in [2.24, 2.45) is 5.73 Å². The average Bonchev–Trinajstić information content (AvgIpc) is 2.53. The van der Waals surface area contributed by atoms with Gasteiger partial charge in [-0.3, -0.25) is 9.59 Å². The molecule has 6 heteroatoms. The van der Waals surface area contributed by atoms with E-state index in [4.69, 9.17) is 10.5 Å². The Hall–Kier alpha value is -2.34. The van der Waals surface area contributed by atoms with Crippen molar-refractivity contribution in [3.63, 3.8) is 0 Å². The molecule has 25 heavy (non-hydrogen) atoms. The van der Waals surface area contributed by atoms with Gasteiger partial charge in [-0.15, -0.1) is 0 Å². The Balaban J connectivity index is 2.02. The Labute approximate surface area is 155 Å². The Morgan fingerprint density at radius 3 is 2.32 bits per heavy atom. The highest BCUT2D eigenvalue weighted by molar-refractivity contribution is 9.10. The standard InChI is InChI=1S/C19H21BrN2O3/c1-19(2,3)15-10-13(20)6-9-16(15)25-11-17(23)22-14-7-4-12(5-8-14)18(21)24/h4-10H,11H2,1-3H3,(H2,21,24)(H,22,23). The topological polar surface area (TPSA) is 81.4 Å². The van der Waals surface area contributed by atoms with E-state index in [9.17, 15) is 9.59 Å². The highest BCUT2D eigenvalue weighted by Gasteiger charge is 2.20. The molecule has 2 aromatic carbocycles. The van der Waals surface area contributed by atoms with Crippen LogP contribution in [0.4, 0.5) is 5.69 Å². The first-order chi connectivity index (χ1) is 11.7. The van der Waals surface area contributed by atoms with Crippen LogP contribution in [-0.2, 0) is 10.2 Å². The zero-order valence-corrected chi connectivity index (χ0v) is 16.0. The molecule has 0 radical (unpaired) electrons. The third-order valence-corrected chi connectivity index (χ3v) is 4.05. The lowest BCUT2D eigenvalue weighted by Crippen LogP contribution is -2.22. The monoisotopic (exact) mass is 404 g/mol. The van der Waals surface area contributed by atoms with Crippen LogP contribution in [0, 0.1) is 0 Å². The second-order valence-corrected chi connectivity index (χ2v) is 7.58. The van der Waals surface area contributed by atoms with Crippen LogP contribution in [0.25, 0.3) is 0 Å². The number of carbonyl (C=O) groups is 2. The van der Waals surface area contributed by atoms with Gasteiger partial charge in [-0.25, -0.2) is 0 Å². The van der Waals surface area contributed by atoms with Crippen molar-refractivity contribution in [2.45, 2.75) is 26.2 Å². The fraction of sp³-hybridized carbons (Fsp3) is 0.263. The summed E-state index contributed by atoms with van der Waals surface area (Å²) in [7, 11) is 0. The van der Waals surface area contributed by atoms with Gasteiger partial charge in [0.25, 0.3) is 5.91 Å². The Morgan fingerprint density at radius 1 is 1.12 bits per heavy atom. The van der Waals surface area contributed by atoms with Gasteiger partial charge >= 0.3 is 0 Å². The molecule has 0 heterocycles. The van der Waals surface area contributed by atoms with Gasteiger partial charge in [-0.1, -0.05) is 36.7 Å². The second-order valence-electron chi connectivity index (χ2n) is 6.67. The maximum atomic E-state index is 12.1. The van der Waals surface area contributed by atoms with Crippen molar-refractivity contribution < 1.29 is 14.3 Å². The number of nitrogens with two attached hydrogens (primary N) is 1. The summed E-state index contributed by atoms with van der Waals surface area (Å²) in [5, 5.41) is 2.72. The van der Waals surface area contributed by atoms with Gasteiger partial charge in [0.15, 0.2) is 6.61 Å². The molecule has 0 aliphatic carbocycles. The van der Waals surface area contributed by atoms with Crippen LogP contribution in [-0.4, -0.2) is 18.4 Å². The number of hydrogen-bond donors (Lipinski definition) is 2. The molecule has 0 aromatic heterocycles. The number of rotatable bonds is 5. The molecule has 5 nitrogen and oxygen atoms in total. The van der Waals surface area contributed by atoms with Crippen molar-refractivity contribution >= 4 is 33.4 Å². The molecule has 0 fully saturated rings. The first-order valence-corrected chi connectivity index (χ1v) is 8.58. The van der Waals surface area contributed by atoms with Crippen LogP contribution in [0.2, 0.25) is 0 Å². The van der Waals surface area contributed by atoms with Crippen LogP contribution in [0.1, 0.15) is 36.7 Å². The van der Waals surface area contributed by atoms with Gasteiger partial charge in [0.2, 0.25) is 5.91 Å². The zero-order valence-electron chi connectivity index (χ0n) is 14.4. The number of hydrogen-bond acceptors (Lipinski definition) is 3. The molecule has 132 valence electrons. The quantitative estimate of drug-likeness (QED) is 0.793. The first kappa shape index (κ1) is 19.0. The molecule has 0 bridgehead atoms. The van der Waals surface area contributed by atoms with Gasteiger partial charge in [0.1, 0.15) is 5.75 Å². The Kier molecular flexibility index (Phi) is 5.85. The van der Waals surface area contributed by atoms with Gasteiger partial charge in [0.05, 0.1) is 0 Å². The lowest BCUT2D eigenvalue weighted by Gasteiger charge is -2.23. The first-order valence-electron chi connectivity index (χ1n) is 7.79. The third-order valence-electron chi connectivity index (χ3n) is 3.56. The van der Waals surface area contributed by atoms with E-state index in [-0.39, 0.29) is 17.9 Å². The van der Waals surface area contributed by atoms with Crippen molar-refractivity contribution in [1.82, 2.24) is 0 Å². The van der Waals surface area contributed by atoms with E-state index in [0.717, 1.165) is 10.0 Å². The molecule has 0 unspecified atom stereocenters. The number of ether oxygens (including phenoxy) is 1. The minimum absolute atomic E-state index is 0.109. The van der Waals surface area contributed by atoms with Gasteiger partial charge in [0, 0.05) is 21.3 Å². The maximum absolute atomic E-state index is 12.1. The highest BCUT2D eigenvalue weighted by Crippen LogP contribution is 2.33. The molecule has 0 aliphatic rings. The summed E-state index contributed by atoms with van der Waals surface area (Å²) >= 11 is 3.46. The Morgan fingerprint density at radius 2 is 1.76 bits per heavy atom. The largest absolute Gasteiger partial charge is 0.483 e. The number of nitrogens with one attached hydrogen (secondary N) is 1. The van der Waals surface area contributed by atoms with E-state index in [1.165, 1.54) is 0 Å². The molecular weight excluding hydrogens is 384 g/mol. The lowest BCUT2D eigenvalue weighted by molar-refractivity contribution is -0.118. The fourth-order valence-corrected chi connectivity index (χ4v) is 2.63. The number of carbonyl (C=O) groups excluding carboxylic acids is 2. The van der Waals surface area contributed by atoms with E-state index < -0.39 is 5.91 Å². The lowest BCUT2D eigenvalue weighted by atomic mass is 9.86. The summed E-state index contributed by atoms with van der Waals surface area (Å²) in [5.41, 5.74) is 7.05. The maximum Gasteiger partial charge on any atom is 0.262 e. The van der Waals surface area contributed by atoms with Crippen LogP contribution >= 0.6 is 15.9 Å². The fourth-order valence-electron chi connectivity index (χ4n) is 2.27. The summed E-state index contributed by atoms with van der Waals surface area (Å²) < 4.78 is 6.67. The van der Waals surface area contributed by atoms with Crippen molar-refractivity contribution in [3.05, 3.63) is 58.1 Å². The molecule has 2 rings (SSSR count). The van der Waals surface area contributed by atoms with Crippen molar-refractivity contribution in [3.8, 4) is 5.75 Å². The molecule has 0 saturated heterocycles. The minimum atomic E-state index is -0.508. The van der Waals surface area contributed by atoms with Gasteiger partial charge in [-0.2, -0.15) is 0 Å². The summed E-state index contributed by atoms with van der Waals surface area (Å²) in [4.78, 5) is 23.1. The van der Waals surface area contributed by atoms with Crippen LogP contribution in [0.5, 0.6) is 5.75 Å². The van der Waals surface area contributed by atoms with Crippen molar-refractivity contribution in [1.29, 1.82) is 0 Å². The zero-order chi connectivity index (χ0) is 18.6. The number of halogens is 1. The Bertz CT molecular complexity index is 780. The molecule has 0 atom stereocenters. The predicted molar refractivity (Wildman–Crippen MR) is 102 cm³/mol. The number of benzene rings is 2. The summed E-state index contributed by atoms with van der Waals surface area (Å²) in [6, 6.07) is 12.1. The molecule has 2 amide bonds. The van der Waals surface area contributed by atoms with E-state index >= 15 is 0 Å². The van der Waals surface area contributed by atoms with E-state index in [1.54, 1.807) is 24.3 Å². The molecule has 3 N–H and O–H groups in total. The second kappa shape index (κ2) is 7.70. The smallest absolute Gasteiger partial charge is 0.262 e. The number of anilines is 1.